The van der Waals surface area contributed by atoms with E-state index in [1.54, 1.807) is 17.5 Å². The number of aromatic nitrogens is 1. The van der Waals surface area contributed by atoms with Crippen molar-refractivity contribution in [1.82, 2.24) is 4.98 Å². The van der Waals surface area contributed by atoms with E-state index >= 15 is 0 Å². The zero-order valence-corrected chi connectivity index (χ0v) is 11.4. The monoisotopic (exact) mass is 290 g/mol. The fourth-order valence-electron chi connectivity index (χ4n) is 1.42. The molecule has 2 rings (SSSR count). The van der Waals surface area contributed by atoms with Crippen molar-refractivity contribution >= 4 is 34.2 Å². The number of nitrogens with one attached hydrogen (secondary N) is 1. The van der Waals surface area contributed by atoms with E-state index in [9.17, 15) is 14.0 Å². The van der Waals surface area contributed by atoms with E-state index in [4.69, 9.17) is 0 Å². The van der Waals surface area contributed by atoms with Gasteiger partial charge in [-0.05, 0) is 23.8 Å². The molecule has 0 saturated heterocycles. The number of anilines is 1. The third kappa shape index (κ3) is 3.83. The van der Waals surface area contributed by atoms with Gasteiger partial charge in [0.05, 0.1) is 0 Å². The van der Waals surface area contributed by atoms with Crippen molar-refractivity contribution < 1.29 is 14.0 Å². The lowest BCUT2D eigenvalue weighted by Crippen LogP contribution is -2.07. The average Bonchev–Trinajstić information content (AvgIpc) is 2.85. The molecule has 0 atom stereocenters. The van der Waals surface area contributed by atoms with Gasteiger partial charge in [0.25, 0.3) is 0 Å². The topological polar surface area (TPSA) is 59.1 Å². The molecule has 1 amide bonds. The summed E-state index contributed by atoms with van der Waals surface area (Å²) in [5.74, 6) is -0.908. The minimum absolute atomic E-state index is 0.156. The highest BCUT2D eigenvalue weighted by molar-refractivity contribution is 7.14. The number of carbonyl (C=O) groups excluding carboxylic acids is 2. The van der Waals surface area contributed by atoms with E-state index in [1.807, 2.05) is 0 Å². The zero-order valence-electron chi connectivity index (χ0n) is 10.6. The van der Waals surface area contributed by atoms with Crippen LogP contribution in [0, 0.1) is 5.82 Å². The Balaban J connectivity index is 1.99. The van der Waals surface area contributed by atoms with E-state index < -0.39 is 5.91 Å². The Bertz CT molecular complexity index is 679. The summed E-state index contributed by atoms with van der Waals surface area (Å²) < 4.78 is 12.9. The molecule has 0 fully saturated rings. The molecular formula is C14H11FN2O2S. The standard InChI is InChI=1S/C14H11FN2O2S/c1-9(18)12-8-20-14(16-12)17-13(19)6-5-10-3-2-4-11(15)7-10/h2-8H,1H3,(H,16,17,19). The van der Waals surface area contributed by atoms with Gasteiger partial charge in [-0.3, -0.25) is 14.9 Å². The van der Waals surface area contributed by atoms with Crippen LogP contribution in [0.25, 0.3) is 6.08 Å². The lowest BCUT2D eigenvalue weighted by atomic mass is 10.2. The summed E-state index contributed by atoms with van der Waals surface area (Å²) in [6.07, 6.45) is 2.78. The van der Waals surface area contributed by atoms with Gasteiger partial charge in [0.1, 0.15) is 11.5 Å². The molecule has 0 saturated carbocycles. The normalized spacial score (nSPS) is 10.7. The van der Waals surface area contributed by atoms with Crippen LogP contribution >= 0.6 is 11.3 Å². The van der Waals surface area contributed by atoms with Crippen molar-refractivity contribution in [3.8, 4) is 0 Å². The first kappa shape index (κ1) is 14.1. The number of benzene rings is 1. The molecule has 0 radical (unpaired) electrons. The van der Waals surface area contributed by atoms with E-state index in [2.05, 4.69) is 10.3 Å². The fraction of sp³-hybridized carbons (Fsp3) is 0.0714. The summed E-state index contributed by atoms with van der Waals surface area (Å²) in [5, 5.41) is 4.47. The lowest BCUT2D eigenvalue weighted by molar-refractivity contribution is -0.111. The largest absolute Gasteiger partial charge is 0.298 e. The van der Waals surface area contributed by atoms with Gasteiger partial charge >= 0.3 is 0 Å². The molecule has 1 aromatic carbocycles. The van der Waals surface area contributed by atoms with Crippen molar-refractivity contribution in [3.05, 3.63) is 52.8 Å². The van der Waals surface area contributed by atoms with Crippen LogP contribution in [0.4, 0.5) is 9.52 Å². The molecule has 0 unspecified atom stereocenters. The van der Waals surface area contributed by atoms with Crippen LogP contribution in [0.3, 0.4) is 0 Å². The van der Waals surface area contributed by atoms with E-state index in [-0.39, 0.29) is 11.6 Å². The predicted molar refractivity (Wildman–Crippen MR) is 76.2 cm³/mol. The Labute approximate surface area is 119 Å². The number of thiazole rings is 1. The maximum Gasteiger partial charge on any atom is 0.250 e. The van der Waals surface area contributed by atoms with Crippen LogP contribution in [-0.4, -0.2) is 16.7 Å². The van der Waals surface area contributed by atoms with Gasteiger partial charge in [-0.1, -0.05) is 12.1 Å². The summed E-state index contributed by atoms with van der Waals surface area (Å²) >= 11 is 1.17. The second-order valence-electron chi connectivity index (χ2n) is 3.97. The van der Waals surface area contributed by atoms with Gasteiger partial charge in [-0.25, -0.2) is 9.37 Å². The highest BCUT2D eigenvalue weighted by Gasteiger charge is 2.07. The van der Waals surface area contributed by atoms with Crippen molar-refractivity contribution in [3.63, 3.8) is 0 Å². The van der Waals surface area contributed by atoms with Crippen molar-refractivity contribution in [2.24, 2.45) is 0 Å². The quantitative estimate of drug-likeness (QED) is 0.695. The third-order valence-corrected chi connectivity index (χ3v) is 3.13. The molecule has 0 spiro atoms. The van der Waals surface area contributed by atoms with Crippen molar-refractivity contribution in [2.75, 3.05) is 5.32 Å². The Morgan fingerprint density at radius 2 is 2.20 bits per heavy atom. The molecule has 1 aromatic heterocycles. The van der Waals surface area contributed by atoms with E-state index in [1.165, 1.54) is 42.5 Å². The summed E-state index contributed by atoms with van der Waals surface area (Å²) in [5.41, 5.74) is 0.906. The number of nitrogens with zero attached hydrogens (tertiary/aromatic N) is 1. The summed E-state index contributed by atoms with van der Waals surface area (Å²) in [6.45, 7) is 1.41. The first-order valence-corrected chi connectivity index (χ1v) is 6.63. The van der Waals surface area contributed by atoms with Crippen LogP contribution in [0.2, 0.25) is 0 Å². The second kappa shape index (κ2) is 6.21. The maximum atomic E-state index is 12.9. The van der Waals surface area contributed by atoms with Gasteiger partial charge in [-0.15, -0.1) is 11.3 Å². The van der Waals surface area contributed by atoms with E-state index in [0.29, 0.717) is 16.4 Å². The molecule has 6 heteroatoms. The summed E-state index contributed by atoms with van der Waals surface area (Å²) in [7, 11) is 0. The highest BCUT2D eigenvalue weighted by atomic mass is 32.1. The van der Waals surface area contributed by atoms with Gasteiger partial charge < -0.3 is 0 Å². The highest BCUT2D eigenvalue weighted by Crippen LogP contribution is 2.15. The van der Waals surface area contributed by atoms with Gasteiger partial charge in [0, 0.05) is 18.4 Å². The van der Waals surface area contributed by atoms with Crippen LogP contribution in [0.1, 0.15) is 23.0 Å². The molecular weight excluding hydrogens is 279 g/mol. The number of hydrogen-bond acceptors (Lipinski definition) is 4. The molecule has 2 aromatic rings. The Kier molecular flexibility index (Phi) is 4.37. The Morgan fingerprint density at radius 3 is 2.85 bits per heavy atom. The Hall–Kier alpha value is -2.34. The van der Waals surface area contributed by atoms with Gasteiger partial charge in [0.2, 0.25) is 5.91 Å². The van der Waals surface area contributed by atoms with Crippen LogP contribution < -0.4 is 5.32 Å². The minimum atomic E-state index is -0.390. The Morgan fingerprint density at radius 1 is 1.40 bits per heavy atom. The number of halogens is 1. The zero-order chi connectivity index (χ0) is 14.5. The molecule has 0 bridgehead atoms. The smallest absolute Gasteiger partial charge is 0.250 e. The fourth-order valence-corrected chi connectivity index (χ4v) is 2.17. The number of rotatable bonds is 4. The third-order valence-electron chi connectivity index (χ3n) is 2.37. The average molecular weight is 290 g/mol. The minimum Gasteiger partial charge on any atom is -0.298 e. The number of Topliss-reactive ketones (excluding diaryl/α,β-unsaturated/α-hetero) is 1. The number of hydrogen-bond donors (Lipinski definition) is 1. The summed E-state index contributed by atoms with van der Waals surface area (Å²) in [4.78, 5) is 26.7. The SMILES string of the molecule is CC(=O)c1csc(NC(=O)C=Cc2cccc(F)c2)n1. The second-order valence-corrected chi connectivity index (χ2v) is 4.83. The maximum absolute atomic E-state index is 12.9. The number of amides is 1. The number of ketones is 1. The predicted octanol–water partition coefficient (Wildman–Crippen LogP) is 3.14. The molecule has 0 aliphatic heterocycles. The van der Waals surface area contributed by atoms with Crippen molar-refractivity contribution in [2.45, 2.75) is 6.92 Å². The van der Waals surface area contributed by atoms with Crippen LogP contribution in [0.5, 0.6) is 0 Å². The molecule has 20 heavy (non-hydrogen) atoms. The number of carbonyl (C=O) groups is 2. The molecule has 102 valence electrons. The summed E-state index contributed by atoms with van der Waals surface area (Å²) in [6, 6.07) is 5.90. The molecule has 1 heterocycles. The van der Waals surface area contributed by atoms with Crippen LogP contribution in [0.15, 0.2) is 35.7 Å². The first-order chi connectivity index (χ1) is 9.54. The van der Waals surface area contributed by atoms with Crippen molar-refractivity contribution in [1.29, 1.82) is 0 Å². The molecule has 4 nitrogen and oxygen atoms in total. The van der Waals surface area contributed by atoms with Crippen LogP contribution in [-0.2, 0) is 4.79 Å². The first-order valence-electron chi connectivity index (χ1n) is 5.75. The van der Waals surface area contributed by atoms with Gasteiger partial charge in [-0.2, -0.15) is 0 Å². The lowest BCUT2D eigenvalue weighted by Gasteiger charge is -1.96. The molecule has 0 aliphatic rings. The van der Waals surface area contributed by atoms with E-state index in [0.717, 1.165) is 0 Å². The molecule has 1 N–H and O–H groups in total. The van der Waals surface area contributed by atoms with Gasteiger partial charge in [0.15, 0.2) is 10.9 Å². The molecule has 0 aliphatic carbocycles.